The molecule has 0 saturated carbocycles. The van der Waals surface area contributed by atoms with Crippen molar-refractivity contribution in [3.05, 3.63) is 36.2 Å². The molecule has 0 aliphatic heterocycles. The van der Waals surface area contributed by atoms with E-state index < -0.39 is 0 Å². The molecule has 0 saturated heterocycles. The summed E-state index contributed by atoms with van der Waals surface area (Å²) in [4.78, 5) is 4.35. The summed E-state index contributed by atoms with van der Waals surface area (Å²) in [6.07, 6.45) is 1.62. The maximum absolute atomic E-state index is 4.35. The number of rotatable bonds is 2. The molecular weight excluding hydrogens is 222 g/mol. The minimum Gasteiger partial charge on any atom is -0.243 e. The molecule has 0 amide bonds. The van der Waals surface area contributed by atoms with Gasteiger partial charge in [-0.05, 0) is 24.8 Å². The molecule has 0 unspecified atom stereocenters. The molecule has 96 valence electrons. The highest BCUT2D eigenvalue weighted by molar-refractivity contribution is 5.56. The summed E-state index contributed by atoms with van der Waals surface area (Å²) < 4.78 is 1.95. The average molecular weight is 243 g/mol. The van der Waals surface area contributed by atoms with E-state index in [1.807, 2.05) is 4.68 Å². The van der Waals surface area contributed by atoms with Crippen molar-refractivity contribution >= 4 is 0 Å². The van der Waals surface area contributed by atoms with Crippen LogP contribution in [0.3, 0.4) is 0 Å². The van der Waals surface area contributed by atoms with Gasteiger partial charge in [-0.2, -0.15) is 5.10 Å². The largest absolute Gasteiger partial charge is 0.243 e. The second kappa shape index (κ2) is 4.56. The summed E-state index contributed by atoms with van der Waals surface area (Å²) in [5, 5.41) is 4.27. The Hall–Kier alpha value is -1.64. The highest BCUT2D eigenvalue weighted by Gasteiger charge is 2.14. The lowest BCUT2D eigenvalue weighted by molar-refractivity contribution is 0.537. The van der Waals surface area contributed by atoms with Gasteiger partial charge >= 0.3 is 0 Å². The highest BCUT2D eigenvalue weighted by atomic mass is 15.3. The van der Waals surface area contributed by atoms with Crippen molar-refractivity contribution in [2.45, 2.75) is 46.1 Å². The molecule has 0 bridgehead atoms. The van der Waals surface area contributed by atoms with Gasteiger partial charge in [0.15, 0.2) is 5.82 Å². The minimum absolute atomic E-state index is 0.185. The fourth-order valence-electron chi connectivity index (χ4n) is 1.95. The standard InChI is InChI=1S/C15H21N3/c1-11(2)18-14(16-10-17-18)12-6-8-13(9-7-12)15(3,4)5/h6-11H,1-5H3. The van der Waals surface area contributed by atoms with Crippen LogP contribution < -0.4 is 0 Å². The zero-order valence-corrected chi connectivity index (χ0v) is 11.8. The van der Waals surface area contributed by atoms with Gasteiger partial charge in [0, 0.05) is 11.6 Å². The van der Waals surface area contributed by atoms with Gasteiger partial charge in [-0.1, -0.05) is 45.0 Å². The van der Waals surface area contributed by atoms with Crippen LogP contribution in [-0.4, -0.2) is 14.8 Å². The predicted octanol–water partition coefficient (Wildman–Crippen LogP) is 3.82. The Labute approximate surface area is 109 Å². The molecule has 0 aliphatic rings. The van der Waals surface area contributed by atoms with Gasteiger partial charge in [-0.3, -0.25) is 0 Å². The zero-order valence-electron chi connectivity index (χ0n) is 11.8. The van der Waals surface area contributed by atoms with E-state index in [4.69, 9.17) is 0 Å². The van der Waals surface area contributed by atoms with Gasteiger partial charge in [0.05, 0.1) is 0 Å². The highest BCUT2D eigenvalue weighted by Crippen LogP contribution is 2.25. The molecule has 1 aromatic carbocycles. The summed E-state index contributed by atoms with van der Waals surface area (Å²) in [5.41, 5.74) is 2.64. The van der Waals surface area contributed by atoms with E-state index in [9.17, 15) is 0 Å². The van der Waals surface area contributed by atoms with Crippen LogP contribution in [0.15, 0.2) is 30.6 Å². The van der Waals surface area contributed by atoms with E-state index in [2.05, 4.69) is 69.0 Å². The van der Waals surface area contributed by atoms with Crippen molar-refractivity contribution in [2.24, 2.45) is 0 Å². The number of hydrogen-bond acceptors (Lipinski definition) is 2. The van der Waals surface area contributed by atoms with Gasteiger partial charge < -0.3 is 0 Å². The van der Waals surface area contributed by atoms with Crippen molar-refractivity contribution in [1.82, 2.24) is 14.8 Å². The minimum atomic E-state index is 0.185. The van der Waals surface area contributed by atoms with E-state index >= 15 is 0 Å². The molecule has 2 rings (SSSR count). The summed E-state index contributed by atoms with van der Waals surface area (Å²) in [7, 11) is 0. The molecular formula is C15H21N3. The second-order valence-electron chi connectivity index (χ2n) is 5.95. The molecule has 0 radical (unpaired) electrons. The van der Waals surface area contributed by atoms with Crippen LogP contribution in [0.25, 0.3) is 11.4 Å². The Morgan fingerprint density at radius 2 is 1.67 bits per heavy atom. The van der Waals surface area contributed by atoms with E-state index in [1.165, 1.54) is 5.56 Å². The van der Waals surface area contributed by atoms with Crippen LogP contribution in [0.4, 0.5) is 0 Å². The van der Waals surface area contributed by atoms with Crippen molar-refractivity contribution < 1.29 is 0 Å². The van der Waals surface area contributed by atoms with Crippen LogP contribution in [0.2, 0.25) is 0 Å². The van der Waals surface area contributed by atoms with Crippen LogP contribution in [0.1, 0.15) is 46.2 Å². The van der Waals surface area contributed by atoms with E-state index in [1.54, 1.807) is 6.33 Å². The topological polar surface area (TPSA) is 30.7 Å². The Balaban J connectivity index is 2.38. The van der Waals surface area contributed by atoms with Gasteiger partial charge in [0.2, 0.25) is 0 Å². The maximum atomic E-state index is 4.35. The predicted molar refractivity (Wildman–Crippen MR) is 74.5 cm³/mol. The molecule has 0 atom stereocenters. The first-order valence-corrected chi connectivity index (χ1v) is 6.40. The monoisotopic (exact) mass is 243 g/mol. The third-order valence-electron chi connectivity index (χ3n) is 3.07. The Kier molecular flexibility index (Phi) is 3.24. The number of hydrogen-bond donors (Lipinski definition) is 0. The average Bonchev–Trinajstić information content (AvgIpc) is 2.77. The normalized spacial score (nSPS) is 12.1. The smallest absolute Gasteiger partial charge is 0.158 e. The molecule has 0 N–H and O–H groups in total. The first-order valence-electron chi connectivity index (χ1n) is 6.40. The molecule has 0 aliphatic carbocycles. The van der Waals surface area contributed by atoms with Gasteiger partial charge in [-0.25, -0.2) is 9.67 Å². The third-order valence-corrected chi connectivity index (χ3v) is 3.07. The summed E-state index contributed by atoms with van der Waals surface area (Å²) >= 11 is 0. The lowest BCUT2D eigenvalue weighted by Gasteiger charge is -2.19. The van der Waals surface area contributed by atoms with Crippen LogP contribution in [0.5, 0.6) is 0 Å². The molecule has 0 spiro atoms. The van der Waals surface area contributed by atoms with E-state index in [-0.39, 0.29) is 5.41 Å². The van der Waals surface area contributed by atoms with Crippen molar-refractivity contribution in [3.63, 3.8) is 0 Å². The van der Waals surface area contributed by atoms with Crippen molar-refractivity contribution in [2.75, 3.05) is 0 Å². The number of nitrogens with zero attached hydrogens (tertiary/aromatic N) is 3. The van der Waals surface area contributed by atoms with Crippen LogP contribution >= 0.6 is 0 Å². The van der Waals surface area contributed by atoms with Crippen LogP contribution in [0, 0.1) is 0 Å². The van der Waals surface area contributed by atoms with E-state index in [0.717, 1.165) is 11.4 Å². The number of benzene rings is 1. The van der Waals surface area contributed by atoms with Gasteiger partial charge in [-0.15, -0.1) is 0 Å². The molecule has 3 nitrogen and oxygen atoms in total. The summed E-state index contributed by atoms with van der Waals surface area (Å²) in [5.74, 6) is 0.936. The van der Waals surface area contributed by atoms with Crippen molar-refractivity contribution in [3.8, 4) is 11.4 Å². The Morgan fingerprint density at radius 1 is 1.06 bits per heavy atom. The fraction of sp³-hybridized carbons (Fsp3) is 0.467. The molecule has 18 heavy (non-hydrogen) atoms. The lowest BCUT2D eigenvalue weighted by Crippen LogP contribution is -2.10. The lowest BCUT2D eigenvalue weighted by atomic mass is 9.87. The van der Waals surface area contributed by atoms with Crippen LogP contribution in [-0.2, 0) is 5.41 Å². The van der Waals surface area contributed by atoms with Crippen molar-refractivity contribution in [1.29, 1.82) is 0 Å². The summed E-state index contributed by atoms with van der Waals surface area (Å²) in [6, 6.07) is 8.93. The molecule has 2 aromatic rings. The quantitative estimate of drug-likeness (QED) is 0.802. The van der Waals surface area contributed by atoms with E-state index in [0.29, 0.717) is 6.04 Å². The summed E-state index contributed by atoms with van der Waals surface area (Å²) in [6.45, 7) is 10.9. The Bertz CT molecular complexity index is 515. The number of aromatic nitrogens is 3. The first-order chi connectivity index (χ1) is 8.39. The molecule has 1 heterocycles. The van der Waals surface area contributed by atoms with Gasteiger partial charge in [0.1, 0.15) is 6.33 Å². The van der Waals surface area contributed by atoms with Gasteiger partial charge in [0.25, 0.3) is 0 Å². The zero-order chi connectivity index (χ0) is 13.3. The SMILES string of the molecule is CC(C)n1ncnc1-c1ccc(C(C)(C)C)cc1. The Morgan fingerprint density at radius 3 is 2.17 bits per heavy atom. The molecule has 3 heteroatoms. The fourth-order valence-corrected chi connectivity index (χ4v) is 1.95. The molecule has 0 fully saturated rings. The third kappa shape index (κ3) is 2.45. The second-order valence-corrected chi connectivity index (χ2v) is 5.95. The first kappa shape index (κ1) is 12.8. The molecule has 1 aromatic heterocycles. The maximum Gasteiger partial charge on any atom is 0.158 e.